The second-order valence-corrected chi connectivity index (χ2v) is 6.93. The van der Waals surface area contributed by atoms with E-state index < -0.39 is 23.3 Å². The van der Waals surface area contributed by atoms with Gasteiger partial charge in [0.15, 0.2) is 5.69 Å². The molecule has 1 amide bonds. The Morgan fingerprint density at radius 3 is 2.59 bits per heavy atom. The van der Waals surface area contributed by atoms with Gasteiger partial charge in [0.05, 0.1) is 12.7 Å². The zero-order valence-electron chi connectivity index (χ0n) is 15.3. The number of methoxy groups -OCH3 is 1. The highest BCUT2D eigenvalue weighted by atomic mass is 19.4. The van der Waals surface area contributed by atoms with Crippen molar-refractivity contribution in [3.63, 3.8) is 0 Å². The van der Waals surface area contributed by atoms with E-state index in [4.69, 9.17) is 4.74 Å². The number of carbonyl (C=O) groups is 1. The third-order valence-electron chi connectivity index (χ3n) is 5.17. The number of hydrogen-bond acceptors (Lipinski definition) is 3. The Labute approximate surface area is 155 Å². The topological polar surface area (TPSA) is 56.1 Å². The van der Waals surface area contributed by atoms with E-state index in [1.165, 1.54) is 7.05 Å². The van der Waals surface area contributed by atoms with Crippen molar-refractivity contribution in [2.75, 3.05) is 13.7 Å². The number of para-hydroxylation sites is 1. The number of benzene rings is 1. The van der Waals surface area contributed by atoms with Crippen LogP contribution in [0.4, 0.5) is 13.2 Å². The highest BCUT2D eigenvalue weighted by molar-refractivity contribution is 5.95. The molecule has 1 fully saturated rings. The Hall–Kier alpha value is -2.51. The largest absolute Gasteiger partial charge is 0.496 e. The summed E-state index contributed by atoms with van der Waals surface area (Å²) < 4.78 is 45.9. The molecule has 1 aromatic carbocycles. The number of rotatable bonds is 5. The SMILES string of the molecule is COc1ccccc1C1(CNC(=O)c2cn(C)nc2C(F)(F)F)CCCC1. The molecule has 3 rings (SSSR count). The molecular weight excluding hydrogens is 359 g/mol. The lowest BCUT2D eigenvalue weighted by atomic mass is 9.78. The maximum atomic E-state index is 13.1. The van der Waals surface area contributed by atoms with E-state index in [0.29, 0.717) is 0 Å². The van der Waals surface area contributed by atoms with Gasteiger partial charge in [0.1, 0.15) is 5.75 Å². The number of amides is 1. The van der Waals surface area contributed by atoms with Crippen LogP contribution in [0.25, 0.3) is 0 Å². The summed E-state index contributed by atoms with van der Waals surface area (Å²) in [4.78, 5) is 12.5. The summed E-state index contributed by atoms with van der Waals surface area (Å²) >= 11 is 0. The quantitative estimate of drug-likeness (QED) is 0.860. The highest BCUT2D eigenvalue weighted by Gasteiger charge is 2.41. The number of aromatic nitrogens is 2. The summed E-state index contributed by atoms with van der Waals surface area (Å²) in [5.74, 6) is -0.0393. The van der Waals surface area contributed by atoms with Crippen LogP contribution < -0.4 is 10.1 Å². The summed E-state index contributed by atoms with van der Waals surface area (Å²) in [5, 5.41) is 6.11. The van der Waals surface area contributed by atoms with Gasteiger partial charge in [-0.2, -0.15) is 18.3 Å². The Kier molecular flexibility index (Phi) is 5.17. The monoisotopic (exact) mass is 381 g/mol. The van der Waals surface area contributed by atoms with Crippen molar-refractivity contribution in [1.82, 2.24) is 15.1 Å². The summed E-state index contributed by atoms with van der Waals surface area (Å²) in [6.07, 6.45) is 0.0904. The van der Waals surface area contributed by atoms with Gasteiger partial charge in [0.25, 0.3) is 5.91 Å². The van der Waals surface area contributed by atoms with Crippen LogP contribution in [-0.2, 0) is 18.6 Å². The molecule has 1 aromatic heterocycles. The second-order valence-electron chi connectivity index (χ2n) is 6.93. The van der Waals surface area contributed by atoms with Crippen molar-refractivity contribution in [1.29, 1.82) is 0 Å². The molecule has 27 heavy (non-hydrogen) atoms. The van der Waals surface area contributed by atoms with E-state index in [1.54, 1.807) is 7.11 Å². The maximum absolute atomic E-state index is 13.1. The van der Waals surface area contributed by atoms with Gasteiger partial charge >= 0.3 is 6.18 Å². The lowest BCUT2D eigenvalue weighted by molar-refractivity contribution is -0.141. The molecule has 5 nitrogen and oxygen atoms in total. The Bertz CT molecular complexity index is 824. The molecule has 1 aliphatic carbocycles. The molecule has 1 heterocycles. The van der Waals surface area contributed by atoms with E-state index in [9.17, 15) is 18.0 Å². The minimum Gasteiger partial charge on any atom is -0.496 e. The van der Waals surface area contributed by atoms with Crippen LogP contribution in [0.5, 0.6) is 5.75 Å². The molecule has 1 aliphatic rings. The Morgan fingerprint density at radius 1 is 1.30 bits per heavy atom. The number of halogens is 3. The van der Waals surface area contributed by atoms with E-state index >= 15 is 0 Å². The number of nitrogens with zero attached hydrogens (tertiary/aromatic N) is 2. The first-order valence-electron chi connectivity index (χ1n) is 8.79. The van der Waals surface area contributed by atoms with E-state index in [1.807, 2.05) is 24.3 Å². The number of ether oxygens (including phenoxy) is 1. The lowest BCUT2D eigenvalue weighted by Crippen LogP contribution is -2.39. The van der Waals surface area contributed by atoms with Crippen molar-refractivity contribution >= 4 is 5.91 Å². The first-order valence-corrected chi connectivity index (χ1v) is 8.79. The number of carbonyl (C=O) groups excluding carboxylic acids is 1. The minimum atomic E-state index is -4.68. The summed E-state index contributed by atoms with van der Waals surface area (Å²) in [7, 11) is 2.95. The standard InChI is InChI=1S/C19H22F3N3O2/c1-25-11-13(16(24-25)19(20,21)22)17(26)23-12-18(9-5-6-10-18)14-7-3-4-8-15(14)27-2/h3-4,7-8,11H,5-6,9-10,12H2,1-2H3,(H,23,26). The molecule has 0 saturated heterocycles. The molecule has 0 radical (unpaired) electrons. The first kappa shape index (κ1) is 19.3. The zero-order chi connectivity index (χ0) is 19.7. The molecule has 2 aromatic rings. The third kappa shape index (κ3) is 3.79. The van der Waals surface area contributed by atoms with Crippen LogP contribution in [0.15, 0.2) is 30.5 Å². The predicted molar refractivity (Wildman–Crippen MR) is 93.7 cm³/mol. The number of alkyl halides is 3. The summed E-state index contributed by atoms with van der Waals surface area (Å²) in [5.41, 5.74) is -0.992. The first-order chi connectivity index (χ1) is 12.8. The molecule has 0 unspecified atom stereocenters. The van der Waals surface area contributed by atoms with Gasteiger partial charge in [0.2, 0.25) is 0 Å². The highest BCUT2D eigenvalue weighted by Crippen LogP contribution is 2.44. The van der Waals surface area contributed by atoms with Crippen LogP contribution in [0, 0.1) is 0 Å². The van der Waals surface area contributed by atoms with Gasteiger partial charge in [-0.3, -0.25) is 9.48 Å². The fourth-order valence-corrected chi connectivity index (χ4v) is 3.88. The molecule has 8 heteroatoms. The number of hydrogen-bond donors (Lipinski definition) is 1. The van der Waals surface area contributed by atoms with Crippen molar-refractivity contribution in [2.24, 2.45) is 7.05 Å². The minimum absolute atomic E-state index is 0.248. The Morgan fingerprint density at radius 2 is 1.96 bits per heavy atom. The molecule has 0 spiro atoms. The lowest BCUT2D eigenvalue weighted by Gasteiger charge is -2.31. The zero-order valence-corrected chi connectivity index (χ0v) is 15.3. The molecular formula is C19H22F3N3O2. The Balaban J connectivity index is 1.85. The van der Waals surface area contributed by atoms with Crippen LogP contribution in [-0.4, -0.2) is 29.3 Å². The van der Waals surface area contributed by atoms with Gasteiger partial charge in [-0.05, 0) is 18.9 Å². The smallest absolute Gasteiger partial charge is 0.435 e. The van der Waals surface area contributed by atoms with Crippen molar-refractivity contribution in [3.05, 3.63) is 47.3 Å². The predicted octanol–water partition coefficient (Wildman–Crippen LogP) is 3.69. The molecule has 0 atom stereocenters. The fourth-order valence-electron chi connectivity index (χ4n) is 3.88. The molecule has 0 bridgehead atoms. The average Bonchev–Trinajstić information content (AvgIpc) is 3.27. The molecule has 146 valence electrons. The van der Waals surface area contributed by atoms with Gasteiger partial charge in [0, 0.05) is 30.8 Å². The van der Waals surface area contributed by atoms with Crippen LogP contribution in [0.3, 0.4) is 0 Å². The van der Waals surface area contributed by atoms with Gasteiger partial charge in [-0.25, -0.2) is 0 Å². The fraction of sp³-hybridized carbons (Fsp3) is 0.474. The summed E-state index contributed by atoms with van der Waals surface area (Å²) in [6, 6.07) is 7.60. The number of aryl methyl sites for hydroxylation is 1. The second kappa shape index (κ2) is 7.25. The summed E-state index contributed by atoms with van der Waals surface area (Å²) in [6.45, 7) is 0.248. The van der Waals surface area contributed by atoms with E-state index in [2.05, 4.69) is 10.4 Å². The number of nitrogens with one attached hydrogen (secondary N) is 1. The van der Waals surface area contributed by atoms with Crippen molar-refractivity contribution in [3.8, 4) is 5.75 Å². The van der Waals surface area contributed by atoms with Crippen molar-refractivity contribution < 1.29 is 22.7 Å². The molecule has 1 N–H and O–H groups in total. The third-order valence-corrected chi connectivity index (χ3v) is 5.17. The maximum Gasteiger partial charge on any atom is 0.435 e. The van der Waals surface area contributed by atoms with E-state index in [-0.39, 0.29) is 12.0 Å². The van der Waals surface area contributed by atoms with Crippen LogP contribution in [0.1, 0.15) is 47.3 Å². The van der Waals surface area contributed by atoms with E-state index in [0.717, 1.165) is 47.9 Å². The van der Waals surface area contributed by atoms with Gasteiger partial charge in [-0.1, -0.05) is 31.0 Å². The van der Waals surface area contributed by atoms with Gasteiger partial charge < -0.3 is 10.1 Å². The van der Waals surface area contributed by atoms with Crippen LogP contribution in [0.2, 0.25) is 0 Å². The molecule has 0 aliphatic heterocycles. The average molecular weight is 381 g/mol. The molecule has 1 saturated carbocycles. The van der Waals surface area contributed by atoms with Gasteiger partial charge in [-0.15, -0.1) is 0 Å². The van der Waals surface area contributed by atoms with Crippen LogP contribution >= 0.6 is 0 Å². The normalized spacial score (nSPS) is 16.3. The van der Waals surface area contributed by atoms with Crippen molar-refractivity contribution in [2.45, 2.75) is 37.3 Å².